The van der Waals surface area contributed by atoms with Crippen molar-refractivity contribution in [2.24, 2.45) is 39.9 Å². The van der Waals surface area contributed by atoms with Crippen molar-refractivity contribution in [3.63, 3.8) is 0 Å². The van der Waals surface area contributed by atoms with Crippen LogP contribution in [-0.2, 0) is 9.53 Å². The van der Waals surface area contributed by atoms with Crippen LogP contribution in [0.4, 0.5) is 0 Å². The first-order chi connectivity index (χ1) is 13.7. The fraction of sp³-hybridized carbons (Fsp3) is 0.875. The number of aliphatic hydroxyl groups is 2. The van der Waals surface area contributed by atoms with Crippen molar-refractivity contribution in [1.29, 1.82) is 0 Å². The van der Waals surface area contributed by atoms with Crippen LogP contribution in [0.25, 0.3) is 0 Å². The van der Waals surface area contributed by atoms with E-state index in [1.54, 1.807) is 0 Å². The van der Waals surface area contributed by atoms with E-state index in [1.807, 2.05) is 0 Å². The van der Waals surface area contributed by atoms with Crippen LogP contribution in [0.2, 0.25) is 0 Å². The Hall–Kier alpha value is -0.910. The summed E-state index contributed by atoms with van der Waals surface area (Å²) in [5.41, 5.74) is 0.724. The maximum atomic E-state index is 11.9. The Balaban J connectivity index is 1.55. The van der Waals surface area contributed by atoms with Crippen LogP contribution in [0.5, 0.6) is 0 Å². The summed E-state index contributed by atoms with van der Waals surface area (Å²) in [6.07, 6.45) is 3.63. The zero-order valence-electron chi connectivity index (χ0n) is 17.9. The van der Waals surface area contributed by atoms with Crippen molar-refractivity contribution in [2.45, 2.75) is 77.2 Å². The number of piperidine rings is 1. The van der Waals surface area contributed by atoms with Crippen LogP contribution in [-0.4, -0.2) is 58.5 Å². The Morgan fingerprint density at radius 3 is 2.76 bits per heavy atom. The fourth-order valence-electron chi connectivity index (χ4n) is 10.3. The van der Waals surface area contributed by atoms with Crippen LogP contribution in [0.15, 0.2) is 12.2 Å². The van der Waals surface area contributed by atoms with Gasteiger partial charge in [-0.2, -0.15) is 0 Å². The molecule has 7 bridgehead atoms. The van der Waals surface area contributed by atoms with Crippen molar-refractivity contribution in [1.82, 2.24) is 4.90 Å². The van der Waals surface area contributed by atoms with E-state index in [9.17, 15) is 15.0 Å². The van der Waals surface area contributed by atoms with E-state index in [2.05, 4.69) is 25.3 Å². The van der Waals surface area contributed by atoms with Gasteiger partial charge < -0.3 is 14.9 Å². The van der Waals surface area contributed by atoms with Crippen molar-refractivity contribution in [2.75, 3.05) is 13.1 Å². The second-order valence-electron chi connectivity index (χ2n) is 11.4. The Kier molecular flexibility index (Phi) is 3.55. The summed E-state index contributed by atoms with van der Waals surface area (Å²) in [6.45, 7) is 12.6. The Morgan fingerprint density at radius 2 is 2.07 bits per heavy atom. The van der Waals surface area contributed by atoms with Gasteiger partial charge in [0, 0.05) is 36.3 Å². The number of likely N-dealkylation sites (tertiary alicyclic amines) is 1. The average Bonchev–Trinajstić information content (AvgIpc) is 3.19. The molecule has 0 aromatic carbocycles. The summed E-state index contributed by atoms with van der Waals surface area (Å²) in [7, 11) is 0. The van der Waals surface area contributed by atoms with Gasteiger partial charge in [-0.1, -0.05) is 20.4 Å². The lowest BCUT2D eigenvalue weighted by Crippen LogP contribution is -2.68. The fourth-order valence-corrected chi connectivity index (χ4v) is 10.3. The molecule has 6 fully saturated rings. The molecule has 5 heteroatoms. The third-order valence-electron chi connectivity index (χ3n) is 10.8. The quantitative estimate of drug-likeness (QED) is 0.549. The molecule has 0 aromatic rings. The van der Waals surface area contributed by atoms with Crippen LogP contribution >= 0.6 is 0 Å². The number of nitrogens with zero attached hydrogens (tertiary/aromatic N) is 1. The van der Waals surface area contributed by atoms with Crippen molar-refractivity contribution >= 4 is 5.97 Å². The largest absolute Gasteiger partial charge is 0.462 e. The van der Waals surface area contributed by atoms with Gasteiger partial charge >= 0.3 is 5.97 Å². The highest BCUT2D eigenvalue weighted by atomic mass is 16.5. The lowest BCUT2D eigenvalue weighted by atomic mass is 9.43. The standard InChI is InChI=1S/C24H35NO4/c1-5-25-11-22(4)7-6-19(27)24-17(22)8-15(20(24)25)23-10-14(12(2)21(23)28)16(9-18(23)24)29-13(3)26/h14-21,27-28H,2,5-11H2,1,3-4H3/t14-,15-,16+,17+,18+,19-,20?,21+,22-,23-,24-/m0/s1. The average molecular weight is 402 g/mol. The van der Waals surface area contributed by atoms with Gasteiger partial charge in [0.05, 0.1) is 12.2 Å². The third-order valence-corrected chi connectivity index (χ3v) is 10.8. The summed E-state index contributed by atoms with van der Waals surface area (Å²) in [6, 6.07) is 0.336. The number of carbonyl (C=O) groups excluding carboxylic acids is 1. The molecule has 1 unspecified atom stereocenters. The number of rotatable bonds is 2. The highest BCUT2D eigenvalue weighted by Crippen LogP contribution is 2.83. The lowest BCUT2D eigenvalue weighted by molar-refractivity contribution is -0.220. The maximum Gasteiger partial charge on any atom is 0.302 e. The molecule has 1 aliphatic heterocycles. The molecule has 5 aliphatic carbocycles. The molecule has 1 heterocycles. The first-order valence-corrected chi connectivity index (χ1v) is 11.7. The van der Waals surface area contributed by atoms with Gasteiger partial charge in [0.25, 0.3) is 0 Å². The normalized spacial score (nSPS) is 59.7. The van der Waals surface area contributed by atoms with Crippen molar-refractivity contribution in [3.8, 4) is 0 Å². The molecule has 0 aromatic heterocycles. The lowest BCUT2D eigenvalue weighted by Gasteiger charge is -2.65. The van der Waals surface area contributed by atoms with Gasteiger partial charge in [-0.15, -0.1) is 0 Å². The number of ether oxygens (including phenoxy) is 1. The van der Waals surface area contributed by atoms with E-state index in [0.29, 0.717) is 17.9 Å². The minimum absolute atomic E-state index is 0.0583. The predicted molar refractivity (Wildman–Crippen MR) is 108 cm³/mol. The van der Waals surface area contributed by atoms with Gasteiger partial charge in [-0.05, 0) is 67.4 Å². The molecule has 1 saturated heterocycles. The number of fused-ring (bicyclic) bond motifs is 1. The first kappa shape index (κ1) is 18.8. The highest BCUT2D eigenvalue weighted by molar-refractivity contribution is 5.66. The first-order valence-electron chi connectivity index (χ1n) is 11.7. The molecule has 6 rings (SSSR count). The molecule has 5 nitrogen and oxygen atoms in total. The van der Waals surface area contributed by atoms with Gasteiger partial charge in [0.2, 0.25) is 0 Å². The SMILES string of the molecule is C=C1[C@@H](O)[C@]23C[C@@H]1[C@H](OC(C)=O)C[C@H]2[C@@]12C4[C@@H]3C[C@@H]1[C@@](C)(CC[C@@H]2O)CN4CC. The molecule has 11 atom stereocenters. The number of hydrogen-bond donors (Lipinski definition) is 2. The van der Waals surface area contributed by atoms with Gasteiger partial charge in [-0.3, -0.25) is 9.69 Å². The third kappa shape index (κ3) is 1.81. The summed E-state index contributed by atoms with van der Waals surface area (Å²) in [4.78, 5) is 14.5. The second-order valence-corrected chi connectivity index (χ2v) is 11.4. The van der Waals surface area contributed by atoms with Crippen LogP contribution in [0.1, 0.15) is 52.9 Å². The van der Waals surface area contributed by atoms with Gasteiger partial charge in [0.15, 0.2) is 0 Å². The summed E-state index contributed by atoms with van der Waals surface area (Å²) in [5.74, 6) is 0.914. The van der Waals surface area contributed by atoms with Gasteiger partial charge in [0.1, 0.15) is 6.10 Å². The Morgan fingerprint density at radius 1 is 1.31 bits per heavy atom. The van der Waals surface area contributed by atoms with E-state index >= 15 is 0 Å². The number of carbonyl (C=O) groups is 1. The van der Waals surface area contributed by atoms with Crippen LogP contribution in [0.3, 0.4) is 0 Å². The summed E-state index contributed by atoms with van der Waals surface area (Å²) >= 11 is 0. The Bertz CT molecular complexity index is 798. The zero-order valence-corrected chi connectivity index (χ0v) is 17.9. The number of aliphatic hydroxyl groups excluding tert-OH is 2. The molecular formula is C24H35NO4. The predicted octanol–water partition coefficient (Wildman–Crippen LogP) is 2.36. The molecule has 2 N–H and O–H groups in total. The van der Waals surface area contributed by atoms with E-state index in [4.69, 9.17) is 4.74 Å². The van der Waals surface area contributed by atoms with Crippen LogP contribution in [0, 0.1) is 39.9 Å². The van der Waals surface area contributed by atoms with E-state index in [-0.39, 0.29) is 46.3 Å². The van der Waals surface area contributed by atoms with Crippen molar-refractivity contribution < 1.29 is 19.7 Å². The smallest absolute Gasteiger partial charge is 0.302 e. The van der Waals surface area contributed by atoms with Crippen LogP contribution < -0.4 is 0 Å². The Labute approximate surface area is 173 Å². The summed E-state index contributed by atoms with van der Waals surface area (Å²) in [5, 5.41) is 23.2. The molecular weight excluding hydrogens is 366 g/mol. The molecule has 29 heavy (non-hydrogen) atoms. The summed E-state index contributed by atoms with van der Waals surface area (Å²) < 4.78 is 5.82. The van der Waals surface area contributed by atoms with E-state index in [1.165, 1.54) is 6.92 Å². The minimum atomic E-state index is -0.539. The van der Waals surface area contributed by atoms with E-state index < -0.39 is 6.10 Å². The number of esters is 1. The van der Waals surface area contributed by atoms with Crippen molar-refractivity contribution in [3.05, 3.63) is 12.2 Å². The monoisotopic (exact) mass is 401 g/mol. The molecule has 6 aliphatic rings. The minimum Gasteiger partial charge on any atom is -0.462 e. The maximum absolute atomic E-state index is 11.9. The molecule has 0 radical (unpaired) electrons. The zero-order chi connectivity index (χ0) is 20.5. The molecule has 0 amide bonds. The van der Waals surface area contributed by atoms with E-state index in [0.717, 1.165) is 50.8 Å². The highest BCUT2D eigenvalue weighted by Gasteiger charge is 2.85. The molecule has 5 saturated carbocycles. The second kappa shape index (κ2) is 5.46. The molecule has 2 spiro atoms. The number of hydrogen-bond acceptors (Lipinski definition) is 5. The molecule has 160 valence electrons. The topological polar surface area (TPSA) is 70.0 Å². The van der Waals surface area contributed by atoms with Gasteiger partial charge in [-0.25, -0.2) is 0 Å².